The number of nitrogens with zero attached hydrogens (tertiary/aromatic N) is 1. The zero-order valence-electron chi connectivity index (χ0n) is 24.9. The highest BCUT2D eigenvalue weighted by Gasteiger charge is 2.49. The fourth-order valence-corrected chi connectivity index (χ4v) is 4.44. The van der Waals surface area contributed by atoms with Crippen molar-refractivity contribution in [2.24, 2.45) is 5.16 Å². The lowest BCUT2D eigenvalue weighted by molar-refractivity contribution is -0.297. The molecule has 2 amide bonds. The van der Waals surface area contributed by atoms with E-state index in [2.05, 4.69) is 25.9 Å². The van der Waals surface area contributed by atoms with Gasteiger partial charge in [0.25, 0.3) is 0 Å². The molecule has 0 bridgehead atoms. The number of aliphatic carboxylic acids is 1. The molecule has 1 aromatic rings. The van der Waals surface area contributed by atoms with Crippen molar-refractivity contribution in [1.82, 2.24) is 5.32 Å². The normalized spacial score (nSPS) is 24.0. The van der Waals surface area contributed by atoms with Gasteiger partial charge in [0.05, 0.1) is 12.8 Å². The number of terminal acetylenes is 1. The zero-order chi connectivity index (χ0) is 35.3. The van der Waals surface area contributed by atoms with Crippen molar-refractivity contribution in [3.63, 3.8) is 0 Å². The topological polar surface area (TPSA) is 300 Å². The number of amides is 2. The first-order valence-corrected chi connectivity index (χ1v) is 15.2. The van der Waals surface area contributed by atoms with Crippen molar-refractivity contribution in [2.45, 2.75) is 81.2 Å². The Morgan fingerprint density at radius 3 is 2.38 bits per heavy atom. The van der Waals surface area contributed by atoms with Crippen LogP contribution in [0.15, 0.2) is 29.4 Å². The minimum absolute atomic E-state index is 0.0214. The number of hydrogen-bond donors (Lipinski definition) is 9. The summed E-state index contributed by atoms with van der Waals surface area (Å²) in [7, 11) is -5.04. The van der Waals surface area contributed by atoms with E-state index in [4.69, 9.17) is 25.3 Å². The van der Waals surface area contributed by atoms with Crippen LogP contribution in [0.4, 0.5) is 5.69 Å². The van der Waals surface area contributed by atoms with Gasteiger partial charge >= 0.3 is 16.4 Å². The second kappa shape index (κ2) is 18.6. The predicted octanol–water partition coefficient (Wildman–Crippen LogP) is -3.09. The van der Waals surface area contributed by atoms with E-state index in [1.165, 1.54) is 0 Å². The van der Waals surface area contributed by atoms with E-state index in [1.54, 1.807) is 24.3 Å². The number of anilines is 1. The van der Waals surface area contributed by atoms with Gasteiger partial charge in [0.1, 0.15) is 49.3 Å². The first kappa shape index (κ1) is 39.4. The maximum atomic E-state index is 11.8. The van der Waals surface area contributed by atoms with Gasteiger partial charge in [0.2, 0.25) is 11.8 Å². The van der Waals surface area contributed by atoms with Gasteiger partial charge in [0.15, 0.2) is 12.4 Å². The van der Waals surface area contributed by atoms with Crippen LogP contribution in [0.25, 0.3) is 0 Å². The van der Waals surface area contributed by atoms with E-state index in [9.17, 15) is 53.4 Å². The average Bonchev–Trinajstić information content (AvgIpc) is 3.00. The number of carbonyl (C=O) groups excluding carboxylic acids is 2. The number of rotatable bonds is 18. The third-order valence-corrected chi connectivity index (χ3v) is 6.93. The second-order valence-electron chi connectivity index (χ2n) is 10.1. The Bertz CT molecular complexity index is 1370. The lowest BCUT2D eigenvalue weighted by Crippen LogP contribution is -2.66. The number of aliphatic hydroxyl groups excluding tert-OH is 5. The molecule has 1 aliphatic heterocycles. The molecule has 0 saturated carbocycles. The molecule has 1 heterocycles. The van der Waals surface area contributed by atoms with Crippen LogP contribution < -0.4 is 10.6 Å². The molecule has 1 fully saturated rings. The monoisotopic (exact) mass is 691 g/mol. The molecule has 9 N–H and O–H groups in total. The van der Waals surface area contributed by atoms with Crippen LogP contribution in [0.2, 0.25) is 0 Å². The lowest BCUT2D eigenvalue weighted by atomic mass is 9.96. The van der Waals surface area contributed by atoms with Crippen LogP contribution in [0, 0.1) is 12.3 Å². The summed E-state index contributed by atoms with van der Waals surface area (Å²) in [6.07, 6.45) is -10.2. The van der Waals surface area contributed by atoms with Crippen molar-refractivity contribution < 1.29 is 76.5 Å². The number of nitrogens with one attached hydrogen (secondary N) is 2. The number of ether oxygens (including phenoxy) is 2. The standard InChI is InChI=1S/C27H37N3O16S/c1-3-4-5-19(33)30-16-8-6-15(7-9-16)10-11-43-28-12-17(32)21(34)25(24(37)26(38)39)46-27-20(29-14(2)31)23(36)22(35)18(45-27)13-44-47(40,41)42/h1,6-9,12,17-18,20-25,27,32,34-37H,4-5,10-11,13H2,2H3,(H,29,31)(H,30,33)(H,38,39)(H,40,41,42)/b28-12-/t17-,18?,20?,21?,22-,23-,24?,25+,27+/m1/s1. The van der Waals surface area contributed by atoms with Gasteiger partial charge in [-0.3, -0.25) is 14.1 Å². The van der Waals surface area contributed by atoms with E-state index >= 15 is 0 Å². The maximum Gasteiger partial charge on any atom is 0.397 e. The molecule has 262 valence electrons. The number of carboxylic acids is 1. The molecule has 9 atom stereocenters. The molecule has 4 unspecified atom stereocenters. The van der Waals surface area contributed by atoms with Gasteiger partial charge in [-0.2, -0.15) is 8.42 Å². The van der Waals surface area contributed by atoms with E-state index in [0.29, 0.717) is 24.7 Å². The molecule has 1 aromatic carbocycles. The molecule has 0 aliphatic carbocycles. The maximum absolute atomic E-state index is 11.8. The van der Waals surface area contributed by atoms with Crippen LogP contribution >= 0.6 is 0 Å². The van der Waals surface area contributed by atoms with Crippen LogP contribution in [0.3, 0.4) is 0 Å². The smallest absolute Gasteiger partial charge is 0.397 e. The molecule has 0 spiro atoms. The van der Waals surface area contributed by atoms with Crippen molar-refractivity contribution in [1.29, 1.82) is 0 Å². The highest BCUT2D eigenvalue weighted by Crippen LogP contribution is 2.26. The molecule has 2 rings (SSSR count). The molecule has 19 nitrogen and oxygen atoms in total. The number of carbonyl (C=O) groups is 3. The third kappa shape index (κ3) is 13.1. The third-order valence-electron chi connectivity index (χ3n) is 6.50. The molecule has 0 radical (unpaired) electrons. The molecule has 1 saturated heterocycles. The Kier molecular flexibility index (Phi) is 15.6. The summed E-state index contributed by atoms with van der Waals surface area (Å²) in [6.45, 7) is -0.105. The Morgan fingerprint density at radius 1 is 1.15 bits per heavy atom. The summed E-state index contributed by atoms with van der Waals surface area (Å²) in [5, 5.41) is 70.0. The minimum Gasteiger partial charge on any atom is -0.479 e. The number of oxime groups is 1. The van der Waals surface area contributed by atoms with Gasteiger partial charge in [0, 0.05) is 31.9 Å². The summed E-state index contributed by atoms with van der Waals surface area (Å²) < 4.78 is 45.7. The van der Waals surface area contributed by atoms with Gasteiger partial charge in [-0.25, -0.2) is 8.98 Å². The number of aliphatic hydroxyl groups is 5. The summed E-state index contributed by atoms with van der Waals surface area (Å²) in [4.78, 5) is 40.1. The predicted molar refractivity (Wildman–Crippen MR) is 158 cm³/mol. The molecule has 0 aromatic heterocycles. The van der Waals surface area contributed by atoms with Crippen LogP contribution in [-0.4, -0.2) is 136 Å². The second-order valence-corrected chi connectivity index (χ2v) is 11.2. The van der Waals surface area contributed by atoms with Gasteiger partial charge < -0.3 is 55.6 Å². The van der Waals surface area contributed by atoms with Crippen molar-refractivity contribution >= 4 is 40.1 Å². The highest BCUT2D eigenvalue weighted by molar-refractivity contribution is 7.80. The highest BCUT2D eigenvalue weighted by atomic mass is 32.3. The summed E-state index contributed by atoms with van der Waals surface area (Å²) in [5.41, 5.74) is 1.34. The lowest BCUT2D eigenvalue weighted by Gasteiger charge is -2.44. The molecule has 1 aliphatic rings. The van der Waals surface area contributed by atoms with Crippen molar-refractivity contribution in [2.75, 3.05) is 18.5 Å². The first-order chi connectivity index (χ1) is 22.0. The molecule has 47 heavy (non-hydrogen) atoms. The summed E-state index contributed by atoms with van der Waals surface area (Å²) in [6, 6.07) is 5.07. The summed E-state index contributed by atoms with van der Waals surface area (Å²) in [5.74, 6) is -0.599. The van der Waals surface area contributed by atoms with Gasteiger partial charge in [-0.1, -0.05) is 17.3 Å². The number of carboxylic acid groups (broad SMARTS) is 1. The van der Waals surface area contributed by atoms with E-state index < -0.39 is 83.9 Å². The Labute approximate surface area is 269 Å². The van der Waals surface area contributed by atoms with E-state index in [-0.39, 0.29) is 18.9 Å². The largest absolute Gasteiger partial charge is 0.479 e. The number of hydrogen-bond acceptors (Lipinski definition) is 15. The van der Waals surface area contributed by atoms with E-state index in [1.807, 2.05) is 0 Å². The van der Waals surface area contributed by atoms with Crippen LogP contribution in [-0.2, 0) is 49.7 Å². The molecule has 20 heteroatoms. The SMILES string of the molecule is C#CCCC(=O)Nc1ccc(CCO/N=C\[C@@H](O)C(O)[C@H](O[C@@H]2OC(COS(=O)(=O)O)[C@@H](O)[C@H](O)C2NC(C)=O)C(O)C(=O)O)cc1. The summed E-state index contributed by atoms with van der Waals surface area (Å²) >= 11 is 0. The van der Waals surface area contributed by atoms with Crippen molar-refractivity contribution in [3.8, 4) is 12.3 Å². The van der Waals surface area contributed by atoms with Crippen LogP contribution in [0.5, 0.6) is 0 Å². The van der Waals surface area contributed by atoms with Gasteiger partial charge in [-0.15, -0.1) is 12.3 Å². The first-order valence-electron chi connectivity index (χ1n) is 13.8. The Balaban J connectivity index is 2.07. The fourth-order valence-electron chi connectivity index (χ4n) is 4.13. The minimum atomic E-state index is -5.04. The molecular weight excluding hydrogens is 654 g/mol. The fraction of sp³-hybridized carbons (Fsp3) is 0.556. The van der Waals surface area contributed by atoms with E-state index in [0.717, 1.165) is 12.5 Å². The zero-order valence-corrected chi connectivity index (χ0v) is 25.7. The quantitative estimate of drug-likeness (QED) is 0.0242. The average molecular weight is 692 g/mol. The molecular formula is C27H37N3O16S. The Morgan fingerprint density at radius 2 is 1.81 bits per heavy atom. The Hall–Kier alpha value is -3.75. The van der Waals surface area contributed by atoms with Gasteiger partial charge in [-0.05, 0) is 17.7 Å². The van der Waals surface area contributed by atoms with Crippen molar-refractivity contribution in [3.05, 3.63) is 29.8 Å². The van der Waals surface area contributed by atoms with Crippen LogP contribution in [0.1, 0.15) is 25.3 Å². The number of benzene rings is 1.